The number of amides is 1. The van der Waals surface area contributed by atoms with Crippen molar-refractivity contribution in [2.24, 2.45) is 0 Å². The number of benzene rings is 1. The van der Waals surface area contributed by atoms with Crippen LogP contribution in [0.15, 0.2) is 36.7 Å². The van der Waals surface area contributed by atoms with Gasteiger partial charge in [-0.3, -0.25) is 14.7 Å². The van der Waals surface area contributed by atoms with E-state index in [0.29, 0.717) is 30.8 Å². The number of hydrogen-bond acceptors (Lipinski definition) is 4. The van der Waals surface area contributed by atoms with E-state index >= 15 is 0 Å². The molecule has 5 heteroatoms. The molecule has 0 saturated heterocycles. The highest BCUT2D eigenvalue weighted by Crippen LogP contribution is 2.25. The Kier molecular flexibility index (Phi) is 8.00. The summed E-state index contributed by atoms with van der Waals surface area (Å²) in [5, 5.41) is 3.04. The molecule has 1 heterocycles. The molecule has 0 saturated carbocycles. The molecule has 0 aliphatic rings. The van der Waals surface area contributed by atoms with Crippen molar-refractivity contribution in [3.05, 3.63) is 58.9 Å². The number of carbonyl (C=O) groups is 1. The minimum atomic E-state index is -0.0440. The van der Waals surface area contributed by atoms with Gasteiger partial charge >= 0.3 is 0 Å². The lowest BCUT2D eigenvalue weighted by Gasteiger charge is -2.30. The number of ether oxygens (including phenoxy) is 1. The van der Waals surface area contributed by atoms with Gasteiger partial charge in [-0.05, 0) is 70.9 Å². The molecule has 2 aromatic rings. The monoisotopic (exact) mass is 383 g/mol. The van der Waals surface area contributed by atoms with Crippen molar-refractivity contribution in [3.63, 3.8) is 0 Å². The summed E-state index contributed by atoms with van der Waals surface area (Å²) >= 11 is 0. The molecule has 0 aliphatic carbocycles. The van der Waals surface area contributed by atoms with E-state index in [1.165, 1.54) is 0 Å². The van der Waals surface area contributed by atoms with Crippen molar-refractivity contribution in [2.45, 2.75) is 60.2 Å². The molecule has 0 unspecified atom stereocenters. The third kappa shape index (κ3) is 6.06. The Bertz CT molecular complexity index is 742. The first-order valence-electron chi connectivity index (χ1n) is 9.96. The standard InChI is InChI=1S/C23H33N3O2/c1-16(2)26(17(3)4)11-10-25-23(27)21-12-18(5)22(19(6)13-21)28-15-20-8-7-9-24-14-20/h7-9,12-14,16-17H,10-11,15H2,1-6H3,(H,25,27). The molecule has 1 aromatic heterocycles. The van der Waals surface area contributed by atoms with Crippen molar-refractivity contribution in [1.82, 2.24) is 15.2 Å². The summed E-state index contributed by atoms with van der Waals surface area (Å²) in [6.07, 6.45) is 3.54. The maximum Gasteiger partial charge on any atom is 0.251 e. The maximum atomic E-state index is 12.6. The Morgan fingerprint density at radius 3 is 2.32 bits per heavy atom. The van der Waals surface area contributed by atoms with Gasteiger partial charge in [0.2, 0.25) is 0 Å². The molecule has 1 amide bonds. The zero-order valence-corrected chi connectivity index (χ0v) is 18.0. The first kappa shape index (κ1) is 21.9. The topological polar surface area (TPSA) is 54.5 Å². The zero-order valence-electron chi connectivity index (χ0n) is 18.0. The van der Waals surface area contributed by atoms with Crippen LogP contribution in [0, 0.1) is 13.8 Å². The van der Waals surface area contributed by atoms with Gasteiger partial charge in [0, 0.05) is 48.7 Å². The van der Waals surface area contributed by atoms with E-state index in [2.05, 4.69) is 42.9 Å². The lowest BCUT2D eigenvalue weighted by Crippen LogP contribution is -2.42. The van der Waals surface area contributed by atoms with Crippen LogP contribution >= 0.6 is 0 Å². The van der Waals surface area contributed by atoms with E-state index in [-0.39, 0.29) is 5.91 Å². The lowest BCUT2D eigenvalue weighted by molar-refractivity contribution is 0.0939. The van der Waals surface area contributed by atoms with Crippen molar-refractivity contribution >= 4 is 5.91 Å². The second-order valence-corrected chi connectivity index (χ2v) is 7.77. The fraction of sp³-hybridized carbons (Fsp3) is 0.478. The van der Waals surface area contributed by atoms with Gasteiger partial charge in [0.05, 0.1) is 0 Å². The molecule has 0 radical (unpaired) electrons. The zero-order chi connectivity index (χ0) is 20.7. The van der Waals surface area contributed by atoms with E-state index < -0.39 is 0 Å². The van der Waals surface area contributed by atoms with Gasteiger partial charge in [0.15, 0.2) is 0 Å². The number of aromatic nitrogens is 1. The second-order valence-electron chi connectivity index (χ2n) is 7.77. The first-order chi connectivity index (χ1) is 13.3. The molecule has 0 atom stereocenters. The van der Waals surface area contributed by atoms with Gasteiger partial charge in [-0.15, -0.1) is 0 Å². The fourth-order valence-electron chi connectivity index (χ4n) is 3.46. The summed E-state index contributed by atoms with van der Waals surface area (Å²) in [6, 6.07) is 8.57. The fourth-order valence-corrected chi connectivity index (χ4v) is 3.46. The number of nitrogens with one attached hydrogen (secondary N) is 1. The van der Waals surface area contributed by atoms with E-state index in [4.69, 9.17) is 4.74 Å². The van der Waals surface area contributed by atoms with E-state index in [9.17, 15) is 4.79 Å². The van der Waals surface area contributed by atoms with Crippen LogP contribution < -0.4 is 10.1 Å². The quantitative estimate of drug-likeness (QED) is 0.707. The van der Waals surface area contributed by atoms with Crippen LogP contribution in [0.5, 0.6) is 5.75 Å². The molecule has 0 bridgehead atoms. The highest BCUT2D eigenvalue weighted by Gasteiger charge is 2.15. The normalized spacial score (nSPS) is 11.3. The summed E-state index contributed by atoms with van der Waals surface area (Å²) in [4.78, 5) is 19.1. The first-order valence-corrected chi connectivity index (χ1v) is 9.96. The number of pyridine rings is 1. The number of aryl methyl sites for hydroxylation is 2. The number of nitrogens with zero attached hydrogens (tertiary/aromatic N) is 2. The number of hydrogen-bond donors (Lipinski definition) is 1. The molecule has 1 aromatic carbocycles. The molecular formula is C23H33N3O2. The Balaban J connectivity index is 1.97. The Labute approximate surface area is 169 Å². The summed E-state index contributed by atoms with van der Waals surface area (Å²) < 4.78 is 5.98. The van der Waals surface area contributed by atoms with Crippen LogP contribution in [-0.4, -0.2) is 41.0 Å². The van der Waals surface area contributed by atoms with Crippen molar-refractivity contribution < 1.29 is 9.53 Å². The highest BCUT2D eigenvalue weighted by atomic mass is 16.5. The van der Waals surface area contributed by atoms with Crippen LogP contribution in [0.1, 0.15) is 54.7 Å². The van der Waals surface area contributed by atoms with Crippen molar-refractivity contribution in [2.75, 3.05) is 13.1 Å². The minimum absolute atomic E-state index is 0.0440. The van der Waals surface area contributed by atoms with Gasteiger partial charge in [-0.25, -0.2) is 0 Å². The molecule has 28 heavy (non-hydrogen) atoms. The van der Waals surface area contributed by atoms with Gasteiger partial charge in [-0.2, -0.15) is 0 Å². The van der Waals surface area contributed by atoms with Crippen molar-refractivity contribution in [3.8, 4) is 5.75 Å². The van der Waals surface area contributed by atoms with Crippen LogP contribution in [0.4, 0.5) is 0 Å². The average molecular weight is 384 g/mol. The third-order valence-electron chi connectivity index (χ3n) is 4.81. The smallest absolute Gasteiger partial charge is 0.251 e. The molecule has 0 fully saturated rings. The van der Waals surface area contributed by atoms with Gasteiger partial charge < -0.3 is 10.1 Å². The maximum absolute atomic E-state index is 12.6. The Morgan fingerprint density at radius 1 is 1.14 bits per heavy atom. The predicted octanol–water partition coefficient (Wildman–Crippen LogP) is 4.13. The van der Waals surface area contributed by atoms with Crippen LogP contribution in [0.25, 0.3) is 0 Å². The van der Waals surface area contributed by atoms with E-state index in [0.717, 1.165) is 29.0 Å². The molecule has 1 N–H and O–H groups in total. The number of rotatable bonds is 9. The SMILES string of the molecule is Cc1cc(C(=O)NCCN(C(C)C)C(C)C)cc(C)c1OCc1cccnc1. The number of carbonyl (C=O) groups excluding carboxylic acids is 1. The summed E-state index contributed by atoms with van der Waals surface area (Å²) in [5.41, 5.74) is 3.60. The molecule has 5 nitrogen and oxygen atoms in total. The third-order valence-corrected chi connectivity index (χ3v) is 4.81. The van der Waals surface area contributed by atoms with Gasteiger partial charge in [-0.1, -0.05) is 6.07 Å². The van der Waals surface area contributed by atoms with Crippen LogP contribution in [0.3, 0.4) is 0 Å². The van der Waals surface area contributed by atoms with E-state index in [1.807, 2.05) is 38.1 Å². The summed E-state index contributed by atoms with van der Waals surface area (Å²) in [7, 11) is 0. The largest absolute Gasteiger partial charge is 0.488 e. The molecular weight excluding hydrogens is 350 g/mol. The Hall–Kier alpha value is -2.40. The highest BCUT2D eigenvalue weighted by molar-refractivity contribution is 5.94. The summed E-state index contributed by atoms with van der Waals surface area (Å²) in [5.74, 6) is 0.781. The van der Waals surface area contributed by atoms with Gasteiger partial charge in [0.25, 0.3) is 5.91 Å². The van der Waals surface area contributed by atoms with Crippen LogP contribution in [-0.2, 0) is 6.61 Å². The van der Waals surface area contributed by atoms with E-state index in [1.54, 1.807) is 12.4 Å². The molecule has 0 aliphatic heterocycles. The minimum Gasteiger partial charge on any atom is -0.488 e. The lowest BCUT2D eigenvalue weighted by atomic mass is 10.0. The average Bonchev–Trinajstić information content (AvgIpc) is 2.64. The van der Waals surface area contributed by atoms with Gasteiger partial charge in [0.1, 0.15) is 12.4 Å². The second kappa shape index (κ2) is 10.2. The summed E-state index contributed by atoms with van der Waals surface area (Å²) in [6.45, 7) is 14.6. The predicted molar refractivity (Wildman–Crippen MR) is 114 cm³/mol. The molecule has 0 spiro atoms. The molecule has 152 valence electrons. The van der Waals surface area contributed by atoms with Crippen molar-refractivity contribution in [1.29, 1.82) is 0 Å². The molecule has 2 rings (SSSR count). The Morgan fingerprint density at radius 2 is 1.79 bits per heavy atom. The van der Waals surface area contributed by atoms with Crippen LogP contribution in [0.2, 0.25) is 0 Å².